The van der Waals surface area contributed by atoms with Gasteiger partial charge < -0.3 is 0 Å². The van der Waals surface area contributed by atoms with E-state index in [9.17, 15) is 17.6 Å². The number of halogens is 5. The highest BCUT2D eigenvalue weighted by molar-refractivity contribution is 14.1. The SMILES string of the molecule is Fc1ccc(-n2ccc(C(F)(F)F)n2)c(I)c1. The molecule has 0 unspecified atom stereocenters. The second-order valence-corrected chi connectivity index (χ2v) is 4.40. The van der Waals surface area contributed by atoms with E-state index in [1.165, 1.54) is 24.4 Å². The van der Waals surface area contributed by atoms with Gasteiger partial charge in [0.05, 0.1) is 5.69 Å². The molecule has 0 N–H and O–H groups in total. The zero-order valence-corrected chi connectivity index (χ0v) is 10.3. The van der Waals surface area contributed by atoms with Crippen molar-refractivity contribution in [1.29, 1.82) is 0 Å². The Morgan fingerprint density at radius 3 is 2.41 bits per heavy atom. The minimum absolute atomic E-state index is 0.405. The molecule has 90 valence electrons. The number of nitrogens with zero attached hydrogens (tertiary/aromatic N) is 2. The molecule has 0 fully saturated rings. The minimum Gasteiger partial charge on any atom is -0.239 e. The van der Waals surface area contributed by atoms with E-state index >= 15 is 0 Å². The van der Waals surface area contributed by atoms with Crippen molar-refractivity contribution in [3.05, 3.63) is 45.5 Å². The van der Waals surface area contributed by atoms with Crippen LogP contribution in [0.5, 0.6) is 0 Å². The molecule has 1 aromatic carbocycles. The molecular weight excluding hydrogens is 351 g/mol. The zero-order valence-electron chi connectivity index (χ0n) is 8.17. The van der Waals surface area contributed by atoms with Gasteiger partial charge in [-0.2, -0.15) is 18.3 Å². The summed E-state index contributed by atoms with van der Waals surface area (Å²) < 4.78 is 51.4. The number of alkyl halides is 3. The van der Waals surface area contributed by atoms with Gasteiger partial charge in [0.1, 0.15) is 5.82 Å². The summed E-state index contributed by atoms with van der Waals surface area (Å²) >= 11 is 1.84. The van der Waals surface area contributed by atoms with E-state index in [-0.39, 0.29) is 0 Å². The molecular formula is C10H5F4IN2. The van der Waals surface area contributed by atoms with Crippen LogP contribution in [0.3, 0.4) is 0 Å². The Kier molecular flexibility index (Phi) is 3.11. The molecule has 2 nitrogen and oxygen atoms in total. The van der Waals surface area contributed by atoms with Crippen LogP contribution in [-0.2, 0) is 6.18 Å². The molecule has 2 rings (SSSR count). The second kappa shape index (κ2) is 4.28. The fraction of sp³-hybridized carbons (Fsp3) is 0.100. The van der Waals surface area contributed by atoms with Gasteiger partial charge in [0.15, 0.2) is 5.69 Å². The summed E-state index contributed by atoms with van der Waals surface area (Å²) in [4.78, 5) is 0. The lowest BCUT2D eigenvalue weighted by Gasteiger charge is -2.05. The fourth-order valence-electron chi connectivity index (χ4n) is 1.28. The molecule has 0 aliphatic rings. The molecule has 0 spiro atoms. The Morgan fingerprint density at radius 2 is 1.88 bits per heavy atom. The van der Waals surface area contributed by atoms with Gasteiger partial charge in [0, 0.05) is 9.77 Å². The molecule has 2 aromatic rings. The molecule has 0 amide bonds. The van der Waals surface area contributed by atoms with Gasteiger partial charge in [-0.05, 0) is 46.9 Å². The van der Waals surface area contributed by atoms with Gasteiger partial charge in [-0.15, -0.1) is 0 Å². The van der Waals surface area contributed by atoms with Crippen LogP contribution < -0.4 is 0 Å². The molecule has 7 heteroatoms. The molecule has 1 heterocycles. The molecule has 0 radical (unpaired) electrons. The predicted molar refractivity (Wildman–Crippen MR) is 61.2 cm³/mol. The van der Waals surface area contributed by atoms with Gasteiger partial charge >= 0.3 is 6.18 Å². The van der Waals surface area contributed by atoms with Crippen molar-refractivity contribution in [3.8, 4) is 5.69 Å². The Balaban J connectivity index is 2.44. The summed E-state index contributed by atoms with van der Waals surface area (Å²) in [7, 11) is 0. The molecule has 17 heavy (non-hydrogen) atoms. The van der Waals surface area contributed by atoms with E-state index in [0.29, 0.717) is 9.26 Å². The molecule has 0 aliphatic carbocycles. The monoisotopic (exact) mass is 356 g/mol. The summed E-state index contributed by atoms with van der Waals surface area (Å²) in [6, 6.07) is 4.65. The predicted octanol–water partition coefficient (Wildman–Crippen LogP) is 3.63. The van der Waals surface area contributed by atoms with Gasteiger partial charge in [0.25, 0.3) is 0 Å². The van der Waals surface area contributed by atoms with Crippen molar-refractivity contribution in [2.75, 3.05) is 0 Å². The Labute approximate surface area is 107 Å². The highest BCUT2D eigenvalue weighted by Crippen LogP contribution is 2.28. The molecule has 1 aromatic heterocycles. The molecule has 0 atom stereocenters. The van der Waals surface area contributed by atoms with E-state index in [1.807, 2.05) is 22.6 Å². The summed E-state index contributed by atoms with van der Waals surface area (Å²) in [6.45, 7) is 0. The van der Waals surface area contributed by atoms with Crippen LogP contribution in [0.15, 0.2) is 30.5 Å². The van der Waals surface area contributed by atoms with Gasteiger partial charge in [-0.1, -0.05) is 0 Å². The Morgan fingerprint density at radius 1 is 1.18 bits per heavy atom. The highest BCUT2D eigenvalue weighted by Gasteiger charge is 2.33. The minimum atomic E-state index is -4.48. The van der Waals surface area contributed by atoms with Gasteiger partial charge in [-0.25, -0.2) is 9.07 Å². The van der Waals surface area contributed by atoms with Crippen molar-refractivity contribution in [3.63, 3.8) is 0 Å². The lowest BCUT2D eigenvalue weighted by atomic mass is 10.3. The number of aromatic nitrogens is 2. The van der Waals surface area contributed by atoms with Crippen molar-refractivity contribution >= 4 is 22.6 Å². The van der Waals surface area contributed by atoms with Crippen molar-refractivity contribution in [1.82, 2.24) is 9.78 Å². The first-order valence-electron chi connectivity index (χ1n) is 4.46. The number of rotatable bonds is 1. The van der Waals surface area contributed by atoms with Crippen LogP contribution in [0, 0.1) is 9.39 Å². The molecule has 0 saturated heterocycles. The third-order valence-corrected chi connectivity index (χ3v) is 2.90. The highest BCUT2D eigenvalue weighted by atomic mass is 127. The Hall–Kier alpha value is -1.12. The van der Waals surface area contributed by atoms with Crippen LogP contribution in [-0.4, -0.2) is 9.78 Å². The number of hydrogen-bond acceptors (Lipinski definition) is 1. The van der Waals surface area contributed by atoms with Crippen LogP contribution in [0.25, 0.3) is 5.69 Å². The average molecular weight is 356 g/mol. The molecule has 0 saturated carbocycles. The second-order valence-electron chi connectivity index (χ2n) is 3.24. The lowest BCUT2D eigenvalue weighted by Crippen LogP contribution is -2.07. The standard InChI is InChI=1S/C10H5F4IN2/c11-6-1-2-8(7(15)5-6)17-4-3-9(16-17)10(12,13)14/h1-5H. The first kappa shape index (κ1) is 12.3. The first-order chi connectivity index (χ1) is 7.88. The zero-order chi connectivity index (χ0) is 12.6. The largest absolute Gasteiger partial charge is 0.435 e. The van der Waals surface area contributed by atoms with Crippen LogP contribution >= 0.6 is 22.6 Å². The van der Waals surface area contributed by atoms with Gasteiger partial charge in [0.2, 0.25) is 0 Å². The number of benzene rings is 1. The smallest absolute Gasteiger partial charge is 0.239 e. The maximum atomic E-state index is 12.8. The quantitative estimate of drug-likeness (QED) is 0.564. The van der Waals surface area contributed by atoms with Crippen LogP contribution in [0.2, 0.25) is 0 Å². The van der Waals surface area contributed by atoms with E-state index in [0.717, 1.165) is 10.7 Å². The Bertz CT molecular complexity index is 547. The molecule has 0 aliphatic heterocycles. The number of hydrogen-bond donors (Lipinski definition) is 0. The summed E-state index contributed by atoms with van der Waals surface area (Å²) in [6.07, 6.45) is -3.28. The van der Waals surface area contributed by atoms with Crippen molar-refractivity contribution < 1.29 is 17.6 Å². The van der Waals surface area contributed by atoms with E-state index in [1.54, 1.807) is 0 Å². The third kappa shape index (κ3) is 2.59. The normalized spacial score (nSPS) is 11.8. The lowest BCUT2D eigenvalue weighted by molar-refractivity contribution is -0.141. The summed E-state index contributed by atoms with van der Waals surface area (Å²) in [5.74, 6) is -0.443. The van der Waals surface area contributed by atoms with Crippen LogP contribution in [0.4, 0.5) is 17.6 Å². The van der Waals surface area contributed by atoms with E-state index < -0.39 is 17.7 Å². The van der Waals surface area contributed by atoms with Crippen molar-refractivity contribution in [2.24, 2.45) is 0 Å². The van der Waals surface area contributed by atoms with E-state index in [4.69, 9.17) is 0 Å². The average Bonchev–Trinajstić information content (AvgIpc) is 2.65. The van der Waals surface area contributed by atoms with E-state index in [2.05, 4.69) is 5.10 Å². The third-order valence-electron chi connectivity index (χ3n) is 2.04. The summed E-state index contributed by atoms with van der Waals surface area (Å²) in [5, 5.41) is 3.41. The topological polar surface area (TPSA) is 17.8 Å². The molecule has 0 bridgehead atoms. The first-order valence-corrected chi connectivity index (χ1v) is 5.54. The van der Waals surface area contributed by atoms with Crippen molar-refractivity contribution in [2.45, 2.75) is 6.18 Å². The summed E-state index contributed by atoms with van der Waals surface area (Å²) in [5.41, 5.74) is -0.569. The maximum absolute atomic E-state index is 12.8. The van der Waals surface area contributed by atoms with Crippen LogP contribution in [0.1, 0.15) is 5.69 Å². The van der Waals surface area contributed by atoms with Gasteiger partial charge in [-0.3, -0.25) is 0 Å². The fourth-order valence-corrected chi connectivity index (χ4v) is 2.00. The maximum Gasteiger partial charge on any atom is 0.435 e.